The van der Waals surface area contributed by atoms with Crippen LogP contribution in [0, 0.1) is 0 Å². The van der Waals surface area contributed by atoms with Gasteiger partial charge in [-0.25, -0.2) is 0 Å². The highest BCUT2D eigenvalue weighted by Gasteiger charge is 2.43. The van der Waals surface area contributed by atoms with Gasteiger partial charge in [0.05, 0.1) is 25.5 Å². The van der Waals surface area contributed by atoms with Crippen LogP contribution >= 0.6 is 0 Å². The van der Waals surface area contributed by atoms with E-state index in [1.165, 1.54) is 33.4 Å². The predicted octanol–water partition coefficient (Wildman–Crippen LogP) is 5.77. The molecule has 0 bridgehead atoms. The summed E-state index contributed by atoms with van der Waals surface area (Å²) in [7, 11) is 3.84. The lowest BCUT2D eigenvalue weighted by Gasteiger charge is -2.36. The minimum absolute atomic E-state index is 0.117. The second-order valence-corrected chi connectivity index (χ2v) is 8.15. The van der Waals surface area contributed by atoms with Crippen LogP contribution in [0.2, 0.25) is 0 Å². The van der Waals surface area contributed by atoms with E-state index in [0.29, 0.717) is 6.61 Å². The SMILES string of the molecule is COc1ccc(C2=Cc3c(c4ccccc4n3C)[C@H]3OC[C@H](c4ccccc4)N23)cc1. The van der Waals surface area contributed by atoms with Gasteiger partial charge in [0, 0.05) is 29.2 Å². The van der Waals surface area contributed by atoms with Crippen molar-refractivity contribution in [3.8, 4) is 5.75 Å². The highest BCUT2D eigenvalue weighted by molar-refractivity contribution is 5.94. The van der Waals surface area contributed by atoms with Crippen LogP contribution in [0.15, 0.2) is 78.9 Å². The Balaban J connectivity index is 1.58. The monoisotopic (exact) mass is 408 g/mol. The first kappa shape index (κ1) is 18.3. The zero-order chi connectivity index (χ0) is 20.9. The Morgan fingerprint density at radius 3 is 2.42 bits per heavy atom. The smallest absolute Gasteiger partial charge is 0.159 e. The molecule has 0 amide bonds. The van der Waals surface area contributed by atoms with Gasteiger partial charge in [-0.3, -0.25) is 0 Å². The number of nitrogens with zero attached hydrogens (tertiary/aromatic N) is 2. The Hall–Kier alpha value is -3.50. The summed E-state index contributed by atoms with van der Waals surface area (Å²) in [5, 5.41) is 1.26. The average molecular weight is 409 g/mol. The molecule has 0 saturated carbocycles. The molecular weight excluding hydrogens is 384 g/mol. The summed E-state index contributed by atoms with van der Waals surface area (Å²) in [6.07, 6.45) is 2.20. The number of hydrogen-bond acceptors (Lipinski definition) is 3. The third-order valence-electron chi connectivity index (χ3n) is 6.56. The number of para-hydroxylation sites is 1. The lowest BCUT2D eigenvalue weighted by molar-refractivity contribution is 0.0582. The minimum atomic E-state index is -0.117. The van der Waals surface area contributed by atoms with E-state index in [2.05, 4.69) is 89.3 Å². The van der Waals surface area contributed by atoms with Crippen LogP contribution in [0.25, 0.3) is 22.7 Å². The standard InChI is InChI=1S/C27H24N2O2/c1-28-22-11-7-6-10-21(22)26-24(28)16-23(19-12-14-20(30-2)15-13-19)29-25(17-31-27(26)29)18-8-4-3-5-9-18/h3-16,25,27H,17H2,1-2H3/t25-,27-/m1/s1. The van der Waals surface area contributed by atoms with Crippen LogP contribution in [-0.2, 0) is 11.8 Å². The number of fused-ring (bicyclic) bond motifs is 5. The van der Waals surface area contributed by atoms with Crippen molar-refractivity contribution in [2.45, 2.75) is 12.3 Å². The molecule has 4 aromatic rings. The summed E-state index contributed by atoms with van der Waals surface area (Å²) in [4.78, 5) is 2.45. The maximum Gasteiger partial charge on any atom is 0.159 e. The molecule has 1 saturated heterocycles. The predicted molar refractivity (Wildman–Crippen MR) is 123 cm³/mol. The van der Waals surface area contributed by atoms with E-state index in [-0.39, 0.29) is 12.3 Å². The minimum Gasteiger partial charge on any atom is -0.497 e. The number of methoxy groups -OCH3 is 1. The van der Waals surface area contributed by atoms with Gasteiger partial charge in [0.2, 0.25) is 0 Å². The molecule has 4 heteroatoms. The normalized spacial score (nSPS) is 19.8. The van der Waals surface area contributed by atoms with E-state index in [1.54, 1.807) is 7.11 Å². The van der Waals surface area contributed by atoms with Crippen LogP contribution in [0.3, 0.4) is 0 Å². The van der Waals surface area contributed by atoms with Crippen molar-refractivity contribution >= 4 is 22.7 Å². The quantitative estimate of drug-likeness (QED) is 0.430. The summed E-state index contributed by atoms with van der Waals surface area (Å²) in [6, 6.07) is 27.7. The fourth-order valence-corrected chi connectivity index (χ4v) is 5.03. The van der Waals surface area contributed by atoms with Gasteiger partial charge in [0.25, 0.3) is 0 Å². The van der Waals surface area contributed by atoms with Crippen LogP contribution < -0.4 is 4.74 Å². The molecule has 0 N–H and O–H groups in total. The largest absolute Gasteiger partial charge is 0.497 e. The number of benzene rings is 3. The highest BCUT2D eigenvalue weighted by atomic mass is 16.5. The Morgan fingerprint density at radius 2 is 1.65 bits per heavy atom. The van der Waals surface area contributed by atoms with Gasteiger partial charge >= 0.3 is 0 Å². The summed E-state index contributed by atoms with van der Waals surface area (Å²) < 4.78 is 14.2. The van der Waals surface area contributed by atoms with Crippen LogP contribution in [-0.4, -0.2) is 23.2 Å². The van der Waals surface area contributed by atoms with Crippen molar-refractivity contribution in [1.29, 1.82) is 0 Å². The Morgan fingerprint density at radius 1 is 0.903 bits per heavy atom. The maximum atomic E-state index is 6.52. The van der Waals surface area contributed by atoms with E-state index < -0.39 is 0 Å². The van der Waals surface area contributed by atoms with Crippen molar-refractivity contribution in [1.82, 2.24) is 9.47 Å². The fourth-order valence-electron chi connectivity index (χ4n) is 5.03. The first-order valence-corrected chi connectivity index (χ1v) is 10.6. The molecule has 0 spiro atoms. The van der Waals surface area contributed by atoms with E-state index >= 15 is 0 Å². The first-order valence-electron chi connectivity index (χ1n) is 10.6. The molecule has 2 atom stereocenters. The van der Waals surface area contributed by atoms with Gasteiger partial charge < -0.3 is 18.9 Å². The van der Waals surface area contributed by atoms with Gasteiger partial charge in [-0.1, -0.05) is 48.5 Å². The molecule has 2 aliphatic rings. The molecule has 31 heavy (non-hydrogen) atoms. The molecular formula is C27H24N2O2. The summed E-state index contributed by atoms with van der Waals surface area (Å²) in [5.41, 5.74) is 7.31. The van der Waals surface area contributed by atoms with Crippen LogP contribution in [0.4, 0.5) is 0 Å². The van der Waals surface area contributed by atoms with Crippen molar-refractivity contribution in [2.75, 3.05) is 13.7 Å². The highest BCUT2D eigenvalue weighted by Crippen LogP contribution is 2.51. The molecule has 3 aromatic carbocycles. The zero-order valence-electron chi connectivity index (χ0n) is 17.7. The molecule has 6 rings (SSSR count). The Bertz CT molecular complexity index is 1290. The van der Waals surface area contributed by atoms with Gasteiger partial charge in [0.15, 0.2) is 6.23 Å². The van der Waals surface area contributed by atoms with Crippen molar-refractivity contribution in [2.24, 2.45) is 7.05 Å². The molecule has 0 aliphatic carbocycles. The number of aromatic nitrogens is 1. The third-order valence-corrected chi connectivity index (χ3v) is 6.56. The molecule has 0 radical (unpaired) electrons. The molecule has 1 aromatic heterocycles. The summed E-state index contributed by atoms with van der Waals surface area (Å²) >= 11 is 0. The first-order chi connectivity index (χ1) is 15.3. The lowest BCUT2D eigenvalue weighted by Crippen LogP contribution is -2.28. The van der Waals surface area contributed by atoms with Crippen molar-refractivity contribution in [3.63, 3.8) is 0 Å². The number of ether oxygens (including phenoxy) is 2. The Labute approximate surface area is 181 Å². The molecule has 4 nitrogen and oxygen atoms in total. The maximum absolute atomic E-state index is 6.52. The molecule has 154 valence electrons. The number of hydrogen-bond donors (Lipinski definition) is 0. The average Bonchev–Trinajstić information content (AvgIpc) is 3.39. The molecule has 3 heterocycles. The van der Waals surface area contributed by atoms with Gasteiger partial charge in [-0.15, -0.1) is 0 Å². The molecule has 0 unspecified atom stereocenters. The second kappa shape index (κ2) is 7.03. The van der Waals surface area contributed by atoms with E-state index in [0.717, 1.165) is 11.3 Å². The van der Waals surface area contributed by atoms with E-state index in [9.17, 15) is 0 Å². The number of aryl methyl sites for hydroxylation is 1. The van der Waals surface area contributed by atoms with Gasteiger partial charge in [0.1, 0.15) is 5.75 Å². The van der Waals surface area contributed by atoms with E-state index in [4.69, 9.17) is 9.47 Å². The fraction of sp³-hybridized carbons (Fsp3) is 0.185. The molecule has 1 fully saturated rings. The second-order valence-electron chi connectivity index (χ2n) is 8.15. The summed E-state index contributed by atoms with van der Waals surface area (Å²) in [5.74, 6) is 0.860. The Kier molecular flexibility index (Phi) is 4.15. The summed E-state index contributed by atoms with van der Waals surface area (Å²) in [6.45, 7) is 0.658. The zero-order valence-corrected chi connectivity index (χ0v) is 17.7. The topological polar surface area (TPSA) is 26.6 Å². The lowest BCUT2D eigenvalue weighted by atomic mass is 9.97. The number of rotatable bonds is 3. The molecule has 2 aliphatic heterocycles. The van der Waals surface area contributed by atoms with Crippen LogP contribution in [0.5, 0.6) is 5.75 Å². The van der Waals surface area contributed by atoms with Crippen molar-refractivity contribution in [3.05, 3.63) is 101 Å². The van der Waals surface area contributed by atoms with Crippen LogP contribution in [0.1, 0.15) is 34.7 Å². The van der Waals surface area contributed by atoms with Gasteiger partial charge in [-0.05, 0) is 47.5 Å². The van der Waals surface area contributed by atoms with Gasteiger partial charge in [-0.2, -0.15) is 0 Å². The van der Waals surface area contributed by atoms with E-state index in [1.807, 2.05) is 12.1 Å². The van der Waals surface area contributed by atoms with Crippen molar-refractivity contribution < 1.29 is 9.47 Å². The third kappa shape index (κ3) is 2.72.